The van der Waals surface area contributed by atoms with E-state index in [0.717, 1.165) is 0 Å². The molecule has 0 saturated heterocycles. The van der Waals surface area contributed by atoms with Gasteiger partial charge in [-0.25, -0.2) is 0 Å². The van der Waals surface area contributed by atoms with E-state index in [1.165, 1.54) is 0 Å². The van der Waals surface area contributed by atoms with Crippen LogP contribution in [0, 0.1) is 11.8 Å². The van der Waals surface area contributed by atoms with Crippen LogP contribution in [0.25, 0.3) is 0 Å². The fourth-order valence-corrected chi connectivity index (χ4v) is 1.58. The summed E-state index contributed by atoms with van der Waals surface area (Å²) in [5, 5.41) is 0. The molecule has 0 aromatic carbocycles. The fourth-order valence-electron chi connectivity index (χ4n) is 1.58. The van der Waals surface area contributed by atoms with E-state index in [0.29, 0.717) is 12.8 Å². The highest BCUT2D eigenvalue weighted by Gasteiger charge is 2.35. The van der Waals surface area contributed by atoms with Gasteiger partial charge in [0.15, 0.2) is 0 Å². The van der Waals surface area contributed by atoms with E-state index in [2.05, 4.69) is 0 Å². The zero-order valence-electron chi connectivity index (χ0n) is 5.54. The molecule has 0 heterocycles. The van der Waals surface area contributed by atoms with Gasteiger partial charge >= 0.3 is 0 Å². The van der Waals surface area contributed by atoms with E-state index in [1.54, 1.807) is 0 Å². The van der Waals surface area contributed by atoms with Gasteiger partial charge in [0.05, 0.1) is 0 Å². The molecule has 3 aliphatic rings. The summed E-state index contributed by atoms with van der Waals surface area (Å²) in [6.45, 7) is 0. The Hall–Kier alpha value is -0.920. The Morgan fingerprint density at radius 3 is 1.60 bits per heavy atom. The lowest BCUT2D eigenvalue weighted by atomic mass is 9.74. The first-order valence-corrected chi connectivity index (χ1v) is 3.51. The first-order valence-electron chi connectivity index (χ1n) is 3.51. The maximum Gasteiger partial charge on any atom is 0.141 e. The van der Waals surface area contributed by atoms with Crippen molar-refractivity contribution in [3.63, 3.8) is 0 Å². The van der Waals surface area contributed by atoms with Crippen molar-refractivity contribution >= 4 is 11.6 Å². The summed E-state index contributed by atoms with van der Waals surface area (Å²) in [4.78, 5) is 22.0. The van der Waals surface area contributed by atoms with Crippen molar-refractivity contribution in [1.82, 2.24) is 0 Å². The molecule has 0 aliphatic heterocycles. The topological polar surface area (TPSA) is 34.1 Å². The molecule has 2 atom stereocenters. The van der Waals surface area contributed by atoms with Gasteiger partial charge in [-0.05, 0) is 0 Å². The Kier molecular flexibility index (Phi) is 1.04. The number of rotatable bonds is 0. The second kappa shape index (κ2) is 1.78. The highest BCUT2D eigenvalue weighted by Crippen LogP contribution is 2.30. The predicted molar refractivity (Wildman–Crippen MR) is 35.4 cm³/mol. The van der Waals surface area contributed by atoms with Crippen LogP contribution in [0.2, 0.25) is 0 Å². The van der Waals surface area contributed by atoms with E-state index < -0.39 is 0 Å². The van der Waals surface area contributed by atoms with Crippen LogP contribution in [-0.4, -0.2) is 11.6 Å². The molecule has 3 rings (SSSR count). The summed E-state index contributed by atoms with van der Waals surface area (Å²) in [5.74, 6) is 0.342. The smallest absolute Gasteiger partial charge is 0.141 e. The Bertz CT molecular complexity index is 203. The monoisotopic (exact) mass is 136 g/mol. The van der Waals surface area contributed by atoms with E-state index in [1.807, 2.05) is 12.2 Å². The summed E-state index contributed by atoms with van der Waals surface area (Å²) in [6, 6.07) is 0. The highest BCUT2D eigenvalue weighted by atomic mass is 16.1. The van der Waals surface area contributed by atoms with Crippen LogP contribution in [0.5, 0.6) is 0 Å². The number of carbonyl (C=O) groups is 2. The standard InChI is InChI=1S/C8H8O2/c9-7-4-6-2-1-5(7)3-8(6)10/h1-2,5-6H,3-4H2/t5-,6-/m0/s1. The molecule has 52 valence electrons. The number of ketones is 2. The van der Waals surface area contributed by atoms with Crippen molar-refractivity contribution in [2.45, 2.75) is 12.8 Å². The number of fused-ring (bicyclic) bond motifs is 2. The van der Waals surface area contributed by atoms with Gasteiger partial charge in [0.2, 0.25) is 0 Å². The van der Waals surface area contributed by atoms with Crippen molar-refractivity contribution in [1.29, 1.82) is 0 Å². The average Bonchev–Trinajstić information content (AvgIpc) is 1.91. The van der Waals surface area contributed by atoms with E-state index >= 15 is 0 Å². The van der Waals surface area contributed by atoms with Gasteiger partial charge in [0, 0.05) is 24.7 Å². The van der Waals surface area contributed by atoms with Crippen LogP contribution in [0.4, 0.5) is 0 Å². The fraction of sp³-hybridized carbons (Fsp3) is 0.500. The van der Waals surface area contributed by atoms with Crippen LogP contribution < -0.4 is 0 Å². The minimum Gasteiger partial charge on any atom is -0.299 e. The van der Waals surface area contributed by atoms with Crippen molar-refractivity contribution in [2.24, 2.45) is 11.8 Å². The number of hydrogen-bond acceptors (Lipinski definition) is 2. The maximum atomic E-state index is 11.0. The lowest BCUT2D eigenvalue weighted by molar-refractivity contribution is -0.134. The van der Waals surface area contributed by atoms with Crippen LogP contribution in [0.1, 0.15) is 12.8 Å². The molecular formula is C8H8O2. The second-order valence-electron chi connectivity index (χ2n) is 2.94. The normalized spacial score (nSPS) is 37.2. The molecule has 10 heavy (non-hydrogen) atoms. The SMILES string of the molecule is O=C1C[C@@H]2C=C[C@H]1CC2=O. The zero-order chi connectivity index (χ0) is 7.14. The average molecular weight is 136 g/mol. The van der Waals surface area contributed by atoms with Gasteiger partial charge in [0.1, 0.15) is 11.6 Å². The van der Waals surface area contributed by atoms with Crippen molar-refractivity contribution in [3.8, 4) is 0 Å². The largest absolute Gasteiger partial charge is 0.299 e. The van der Waals surface area contributed by atoms with Gasteiger partial charge in [-0.2, -0.15) is 0 Å². The highest BCUT2D eigenvalue weighted by molar-refractivity contribution is 5.99. The van der Waals surface area contributed by atoms with Crippen LogP contribution in [0.15, 0.2) is 12.2 Å². The summed E-state index contributed by atoms with van der Waals surface area (Å²) in [6.07, 6.45) is 4.66. The molecular weight excluding hydrogens is 128 g/mol. The first-order chi connectivity index (χ1) is 4.77. The third-order valence-corrected chi connectivity index (χ3v) is 2.25. The molecule has 0 unspecified atom stereocenters. The molecule has 2 nitrogen and oxygen atoms in total. The van der Waals surface area contributed by atoms with Crippen LogP contribution in [-0.2, 0) is 9.59 Å². The van der Waals surface area contributed by atoms with Crippen molar-refractivity contribution < 1.29 is 9.59 Å². The molecule has 1 saturated carbocycles. The minimum atomic E-state index is -0.0718. The number of Topliss-reactive ketones (excluding diaryl/α,β-unsaturated/α-hetero) is 2. The third kappa shape index (κ3) is 0.649. The van der Waals surface area contributed by atoms with E-state index in [4.69, 9.17) is 0 Å². The lowest BCUT2D eigenvalue weighted by Crippen LogP contribution is -2.34. The van der Waals surface area contributed by atoms with Crippen LogP contribution in [0.3, 0.4) is 0 Å². The lowest BCUT2D eigenvalue weighted by Gasteiger charge is -2.27. The minimum absolute atomic E-state index is 0.0718. The number of carbonyl (C=O) groups excluding carboxylic acids is 2. The number of allylic oxidation sites excluding steroid dienone is 2. The second-order valence-corrected chi connectivity index (χ2v) is 2.94. The molecule has 0 aromatic heterocycles. The maximum absolute atomic E-state index is 11.0. The Balaban J connectivity index is 2.36. The summed E-state index contributed by atoms with van der Waals surface area (Å²) < 4.78 is 0. The van der Waals surface area contributed by atoms with E-state index in [9.17, 15) is 9.59 Å². The quantitative estimate of drug-likeness (QED) is 0.460. The molecule has 0 spiro atoms. The third-order valence-electron chi connectivity index (χ3n) is 2.25. The van der Waals surface area contributed by atoms with Gasteiger partial charge in [-0.3, -0.25) is 9.59 Å². The molecule has 1 fully saturated rings. The summed E-state index contributed by atoms with van der Waals surface area (Å²) in [7, 11) is 0. The molecule has 0 N–H and O–H groups in total. The van der Waals surface area contributed by atoms with Crippen molar-refractivity contribution in [3.05, 3.63) is 12.2 Å². The predicted octanol–water partition coefficient (Wildman–Crippen LogP) is 0.721. The Morgan fingerprint density at radius 2 is 1.40 bits per heavy atom. The molecule has 2 bridgehead atoms. The summed E-state index contributed by atoms with van der Waals surface area (Å²) >= 11 is 0. The van der Waals surface area contributed by atoms with Gasteiger partial charge in [-0.15, -0.1) is 0 Å². The Labute approximate surface area is 58.9 Å². The number of hydrogen-bond donors (Lipinski definition) is 0. The zero-order valence-corrected chi connectivity index (χ0v) is 5.54. The molecule has 0 radical (unpaired) electrons. The van der Waals surface area contributed by atoms with Gasteiger partial charge in [-0.1, -0.05) is 12.2 Å². The van der Waals surface area contributed by atoms with E-state index in [-0.39, 0.29) is 23.4 Å². The molecule has 0 aromatic rings. The van der Waals surface area contributed by atoms with Crippen molar-refractivity contribution in [2.75, 3.05) is 0 Å². The van der Waals surface area contributed by atoms with Crippen LogP contribution >= 0.6 is 0 Å². The molecule has 0 amide bonds. The first kappa shape index (κ1) is 5.83. The molecule has 3 aliphatic carbocycles. The summed E-state index contributed by atoms with van der Waals surface area (Å²) in [5.41, 5.74) is 0. The molecule has 2 heteroatoms. The van der Waals surface area contributed by atoms with Gasteiger partial charge < -0.3 is 0 Å². The Morgan fingerprint density at radius 1 is 1.00 bits per heavy atom. The van der Waals surface area contributed by atoms with Gasteiger partial charge in [0.25, 0.3) is 0 Å².